The lowest BCUT2D eigenvalue weighted by Gasteiger charge is -2.28. The maximum Gasteiger partial charge on any atom is 0.223 e. The van der Waals surface area contributed by atoms with E-state index in [1.807, 2.05) is 36.4 Å². The molecule has 134 valence electrons. The Labute approximate surface area is 150 Å². The molecule has 0 saturated heterocycles. The molecule has 0 radical (unpaired) electrons. The lowest BCUT2D eigenvalue weighted by Crippen LogP contribution is -2.34. The predicted octanol–water partition coefficient (Wildman–Crippen LogP) is 3.69. The molecule has 0 aliphatic rings. The van der Waals surface area contributed by atoms with Crippen LogP contribution in [0.25, 0.3) is 0 Å². The summed E-state index contributed by atoms with van der Waals surface area (Å²) in [6.45, 7) is 4.01. The van der Waals surface area contributed by atoms with Crippen LogP contribution < -0.4 is 4.74 Å². The summed E-state index contributed by atoms with van der Waals surface area (Å²) in [6, 6.07) is 15.2. The van der Waals surface area contributed by atoms with Crippen LogP contribution in [0, 0.1) is 6.92 Å². The van der Waals surface area contributed by atoms with Gasteiger partial charge in [0.15, 0.2) is 0 Å². The summed E-state index contributed by atoms with van der Waals surface area (Å²) in [5.74, 6) is 0.902. The molecule has 0 bridgehead atoms. The van der Waals surface area contributed by atoms with Crippen LogP contribution in [0.2, 0.25) is 0 Å². The standard InChI is InChI=1S/C21H27NO3/c1-15-7-5-6-8-19(15)16(2)13-21(24)22(3)20(14-23)17-9-11-18(25-4)12-10-17/h5-12,16,20,23H,13-14H2,1-4H3. The average Bonchev–Trinajstić information content (AvgIpc) is 2.63. The molecule has 2 atom stereocenters. The zero-order valence-electron chi connectivity index (χ0n) is 15.4. The van der Waals surface area contributed by atoms with Crippen molar-refractivity contribution in [1.29, 1.82) is 0 Å². The summed E-state index contributed by atoms with van der Waals surface area (Å²) in [7, 11) is 3.36. The van der Waals surface area contributed by atoms with Crippen molar-refractivity contribution in [3.63, 3.8) is 0 Å². The number of aliphatic hydroxyl groups excluding tert-OH is 1. The van der Waals surface area contributed by atoms with E-state index in [-0.39, 0.29) is 24.5 Å². The third-order valence-corrected chi connectivity index (χ3v) is 4.73. The lowest BCUT2D eigenvalue weighted by molar-refractivity contribution is -0.133. The molecular weight excluding hydrogens is 314 g/mol. The normalized spacial score (nSPS) is 13.2. The van der Waals surface area contributed by atoms with Gasteiger partial charge in [0, 0.05) is 13.5 Å². The van der Waals surface area contributed by atoms with Crippen molar-refractivity contribution in [1.82, 2.24) is 4.90 Å². The number of methoxy groups -OCH3 is 1. The Morgan fingerprint density at radius 2 is 1.80 bits per heavy atom. The van der Waals surface area contributed by atoms with E-state index in [1.54, 1.807) is 19.1 Å². The molecule has 1 amide bonds. The maximum absolute atomic E-state index is 12.7. The van der Waals surface area contributed by atoms with Crippen LogP contribution in [0.15, 0.2) is 48.5 Å². The SMILES string of the molecule is COc1ccc(C(CO)N(C)C(=O)CC(C)c2ccccc2C)cc1. The second kappa shape index (κ2) is 8.67. The number of amides is 1. The van der Waals surface area contributed by atoms with E-state index in [9.17, 15) is 9.90 Å². The number of aliphatic hydroxyl groups is 1. The summed E-state index contributed by atoms with van der Waals surface area (Å²) in [5.41, 5.74) is 3.27. The first-order chi connectivity index (χ1) is 12.0. The van der Waals surface area contributed by atoms with Crippen molar-refractivity contribution in [2.75, 3.05) is 20.8 Å². The first kappa shape index (κ1) is 19.0. The molecule has 0 heterocycles. The topological polar surface area (TPSA) is 49.8 Å². The zero-order valence-corrected chi connectivity index (χ0v) is 15.4. The van der Waals surface area contributed by atoms with E-state index in [0.29, 0.717) is 6.42 Å². The summed E-state index contributed by atoms with van der Waals surface area (Å²) in [6.07, 6.45) is 0.411. The van der Waals surface area contributed by atoms with Crippen molar-refractivity contribution in [3.8, 4) is 5.75 Å². The second-order valence-electron chi connectivity index (χ2n) is 6.44. The summed E-state index contributed by atoms with van der Waals surface area (Å²) in [5, 5.41) is 9.80. The monoisotopic (exact) mass is 341 g/mol. The number of benzene rings is 2. The van der Waals surface area contributed by atoms with Gasteiger partial charge in [0.25, 0.3) is 0 Å². The molecule has 0 fully saturated rings. The van der Waals surface area contributed by atoms with Gasteiger partial charge in [-0.25, -0.2) is 0 Å². The van der Waals surface area contributed by atoms with E-state index in [2.05, 4.69) is 26.0 Å². The van der Waals surface area contributed by atoms with Gasteiger partial charge in [-0.2, -0.15) is 0 Å². The first-order valence-corrected chi connectivity index (χ1v) is 8.54. The fourth-order valence-corrected chi connectivity index (χ4v) is 3.11. The van der Waals surface area contributed by atoms with Gasteiger partial charge in [0.2, 0.25) is 5.91 Å². The van der Waals surface area contributed by atoms with Crippen molar-refractivity contribution >= 4 is 5.91 Å². The Balaban J connectivity index is 2.09. The molecular formula is C21H27NO3. The van der Waals surface area contributed by atoms with Crippen molar-refractivity contribution in [2.24, 2.45) is 0 Å². The van der Waals surface area contributed by atoms with E-state index in [0.717, 1.165) is 11.3 Å². The molecule has 2 rings (SSSR count). The minimum atomic E-state index is -0.359. The summed E-state index contributed by atoms with van der Waals surface area (Å²) in [4.78, 5) is 14.4. The quantitative estimate of drug-likeness (QED) is 0.835. The fourth-order valence-electron chi connectivity index (χ4n) is 3.11. The molecule has 0 saturated carbocycles. The highest BCUT2D eigenvalue weighted by molar-refractivity contribution is 5.77. The van der Waals surface area contributed by atoms with Gasteiger partial charge in [-0.1, -0.05) is 43.3 Å². The molecule has 4 heteroatoms. The van der Waals surface area contributed by atoms with Gasteiger partial charge in [0.1, 0.15) is 5.75 Å². The van der Waals surface area contributed by atoms with Crippen LogP contribution in [0.5, 0.6) is 5.75 Å². The van der Waals surface area contributed by atoms with Crippen molar-refractivity contribution in [3.05, 3.63) is 65.2 Å². The number of ether oxygens (including phenoxy) is 1. The van der Waals surface area contributed by atoms with Crippen LogP contribution in [0.1, 0.15) is 42.0 Å². The van der Waals surface area contributed by atoms with Crippen molar-refractivity contribution < 1.29 is 14.6 Å². The Hall–Kier alpha value is -2.33. The Morgan fingerprint density at radius 1 is 1.16 bits per heavy atom. The lowest BCUT2D eigenvalue weighted by atomic mass is 9.93. The van der Waals surface area contributed by atoms with Gasteiger partial charge in [-0.15, -0.1) is 0 Å². The summed E-state index contributed by atoms with van der Waals surface area (Å²) >= 11 is 0. The smallest absolute Gasteiger partial charge is 0.223 e. The number of carbonyl (C=O) groups excluding carboxylic acids is 1. The van der Waals surface area contributed by atoms with Crippen LogP contribution in [-0.4, -0.2) is 36.7 Å². The number of carbonyl (C=O) groups is 1. The maximum atomic E-state index is 12.7. The number of likely N-dealkylation sites (N-methyl/N-ethyl adjacent to an activating group) is 1. The number of aryl methyl sites for hydroxylation is 1. The molecule has 25 heavy (non-hydrogen) atoms. The molecule has 0 spiro atoms. The van der Waals surface area contributed by atoms with Crippen LogP contribution in [0.4, 0.5) is 0 Å². The number of hydrogen-bond acceptors (Lipinski definition) is 3. The third-order valence-electron chi connectivity index (χ3n) is 4.73. The van der Waals surface area contributed by atoms with Crippen LogP contribution in [0.3, 0.4) is 0 Å². The van der Waals surface area contributed by atoms with Gasteiger partial charge >= 0.3 is 0 Å². The highest BCUT2D eigenvalue weighted by Gasteiger charge is 2.23. The number of nitrogens with zero attached hydrogens (tertiary/aromatic N) is 1. The zero-order chi connectivity index (χ0) is 18.4. The summed E-state index contributed by atoms with van der Waals surface area (Å²) < 4.78 is 5.16. The highest BCUT2D eigenvalue weighted by atomic mass is 16.5. The van der Waals surface area contributed by atoms with E-state index in [4.69, 9.17) is 4.74 Å². The van der Waals surface area contributed by atoms with E-state index in [1.165, 1.54) is 11.1 Å². The van der Waals surface area contributed by atoms with Gasteiger partial charge in [0.05, 0.1) is 19.8 Å². The molecule has 0 aliphatic heterocycles. The minimum absolute atomic E-state index is 0.0191. The van der Waals surface area contributed by atoms with E-state index >= 15 is 0 Å². The first-order valence-electron chi connectivity index (χ1n) is 8.54. The molecule has 1 N–H and O–H groups in total. The van der Waals surface area contributed by atoms with Gasteiger partial charge in [-0.05, 0) is 41.7 Å². The fraction of sp³-hybridized carbons (Fsp3) is 0.381. The Kier molecular flexibility index (Phi) is 6.59. The van der Waals surface area contributed by atoms with E-state index < -0.39 is 0 Å². The van der Waals surface area contributed by atoms with Crippen LogP contribution in [-0.2, 0) is 4.79 Å². The Morgan fingerprint density at radius 3 is 2.36 bits per heavy atom. The average molecular weight is 341 g/mol. The molecule has 2 aromatic rings. The highest BCUT2D eigenvalue weighted by Crippen LogP contribution is 2.26. The Bertz CT molecular complexity index is 697. The van der Waals surface area contributed by atoms with Crippen molar-refractivity contribution in [2.45, 2.75) is 32.2 Å². The van der Waals surface area contributed by atoms with Crippen LogP contribution >= 0.6 is 0 Å². The minimum Gasteiger partial charge on any atom is -0.497 e. The number of rotatable bonds is 7. The van der Waals surface area contributed by atoms with Gasteiger partial charge in [-0.3, -0.25) is 4.79 Å². The molecule has 2 aromatic carbocycles. The molecule has 0 aromatic heterocycles. The molecule has 0 aliphatic carbocycles. The predicted molar refractivity (Wildman–Crippen MR) is 99.8 cm³/mol. The van der Waals surface area contributed by atoms with Gasteiger partial charge < -0.3 is 14.7 Å². The largest absolute Gasteiger partial charge is 0.497 e. The molecule has 4 nitrogen and oxygen atoms in total. The third kappa shape index (κ3) is 4.60. The second-order valence-corrected chi connectivity index (χ2v) is 6.44. The molecule has 2 unspecified atom stereocenters. The number of hydrogen-bond donors (Lipinski definition) is 1.